The number of ether oxygens (including phenoxy) is 1. The van der Waals surface area contributed by atoms with Crippen LogP contribution in [0.2, 0.25) is 0 Å². The van der Waals surface area contributed by atoms with Gasteiger partial charge in [0.15, 0.2) is 11.5 Å². The Hall–Kier alpha value is -1.30. The molecule has 0 aliphatic carbocycles. The number of phenolic OH excluding ortho intramolecular Hbond substituents is 1. The minimum Gasteiger partial charge on any atom is -0.504 e. The van der Waals surface area contributed by atoms with Crippen LogP contribution in [0.3, 0.4) is 0 Å². The van der Waals surface area contributed by atoms with Crippen molar-refractivity contribution in [1.82, 2.24) is 0 Å². The van der Waals surface area contributed by atoms with Crippen molar-refractivity contribution in [1.29, 1.82) is 0 Å². The highest BCUT2D eigenvalue weighted by Gasteiger charge is 2.26. The number of methoxy groups -OCH3 is 1. The van der Waals surface area contributed by atoms with Gasteiger partial charge in [0.25, 0.3) is 0 Å². The van der Waals surface area contributed by atoms with Gasteiger partial charge in [0.2, 0.25) is 0 Å². The lowest BCUT2D eigenvalue weighted by atomic mass is 9.99. The molecule has 0 aromatic heterocycles. The Morgan fingerprint density at radius 3 is 2.62 bits per heavy atom. The number of phenols is 1. The monoisotopic (exact) mass is 292 g/mol. The van der Waals surface area contributed by atoms with E-state index in [1.54, 1.807) is 0 Å². The van der Waals surface area contributed by atoms with Crippen molar-refractivity contribution in [3.8, 4) is 11.5 Å². The predicted molar refractivity (Wildman–Crippen MR) is 58.4 cm³/mol. The number of carboxylic acids is 1. The molecule has 1 rings (SSSR count). The van der Waals surface area contributed by atoms with Crippen molar-refractivity contribution < 1.29 is 24.1 Å². The third kappa shape index (κ3) is 2.11. The second kappa shape index (κ2) is 4.69. The number of rotatable bonds is 3. The Morgan fingerprint density at radius 2 is 2.19 bits per heavy atom. The molecule has 2 N–H and O–H groups in total. The summed E-state index contributed by atoms with van der Waals surface area (Å²) in [7, 11) is 1.30. The normalized spacial score (nSPS) is 12.2. The molecule has 0 saturated carbocycles. The number of carboxylic acid groups (broad SMARTS) is 1. The number of hydrogen-bond acceptors (Lipinski definition) is 3. The summed E-state index contributed by atoms with van der Waals surface area (Å²) in [4.78, 5) is 10.8. The van der Waals surface area contributed by atoms with Crippen molar-refractivity contribution in [3.63, 3.8) is 0 Å². The fourth-order valence-electron chi connectivity index (χ4n) is 1.33. The number of aliphatic carboxylic acids is 1. The zero-order chi connectivity index (χ0) is 12.5. The first-order chi connectivity index (χ1) is 7.40. The Bertz CT molecular complexity index is 433. The first-order valence-corrected chi connectivity index (χ1v) is 5.17. The van der Waals surface area contributed by atoms with E-state index in [4.69, 9.17) is 9.84 Å². The van der Waals surface area contributed by atoms with Crippen LogP contribution in [-0.2, 0) is 4.79 Å². The van der Waals surface area contributed by atoms with Gasteiger partial charge in [0, 0.05) is 5.56 Å². The molecule has 0 amide bonds. The number of benzene rings is 1. The van der Waals surface area contributed by atoms with Crippen LogP contribution in [-0.4, -0.2) is 23.3 Å². The van der Waals surface area contributed by atoms with Gasteiger partial charge in [-0.15, -0.1) is 0 Å². The van der Waals surface area contributed by atoms with E-state index in [1.807, 2.05) is 0 Å². The quantitative estimate of drug-likeness (QED) is 0.898. The second-order valence-corrected chi connectivity index (χ2v) is 4.05. The van der Waals surface area contributed by atoms with E-state index in [-0.39, 0.29) is 15.8 Å². The Labute approximate surface area is 99.8 Å². The minimum absolute atomic E-state index is 0.0181. The molecule has 6 heteroatoms. The lowest BCUT2D eigenvalue weighted by Crippen LogP contribution is -2.10. The standard InChI is InChI=1S/C10H10BrFO4/c1-4(10(14)15)7-6(12)3-5(11)9(16-2)8(7)13/h3-4,13H,1-2H3,(H,14,15). The summed E-state index contributed by atoms with van der Waals surface area (Å²) >= 11 is 3.01. The smallest absolute Gasteiger partial charge is 0.310 e. The zero-order valence-corrected chi connectivity index (χ0v) is 10.2. The molecule has 0 aliphatic rings. The van der Waals surface area contributed by atoms with Crippen LogP contribution in [0.1, 0.15) is 18.4 Å². The van der Waals surface area contributed by atoms with Gasteiger partial charge in [-0.05, 0) is 28.9 Å². The predicted octanol–water partition coefficient (Wildman–Crippen LogP) is 2.49. The summed E-state index contributed by atoms with van der Waals surface area (Å²) in [5, 5.41) is 18.5. The van der Waals surface area contributed by atoms with Gasteiger partial charge in [-0.1, -0.05) is 0 Å². The molecule has 1 aromatic carbocycles. The molecule has 0 fully saturated rings. The van der Waals surface area contributed by atoms with Crippen LogP contribution in [0.4, 0.5) is 4.39 Å². The maximum Gasteiger partial charge on any atom is 0.310 e. The number of halogens is 2. The molecule has 0 heterocycles. The number of aromatic hydroxyl groups is 1. The molecule has 1 atom stereocenters. The van der Waals surface area contributed by atoms with Gasteiger partial charge in [-0.3, -0.25) is 4.79 Å². The van der Waals surface area contributed by atoms with E-state index in [0.717, 1.165) is 6.07 Å². The maximum atomic E-state index is 13.5. The second-order valence-electron chi connectivity index (χ2n) is 3.20. The number of carbonyl (C=O) groups is 1. The van der Waals surface area contributed by atoms with Crippen molar-refractivity contribution in [2.75, 3.05) is 7.11 Å². The molecule has 1 unspecified atom stereocenters. The summed E-state index contributed by atoms with van der Waals surface area (Å²) < 4.78 is 18.6. The van der Waals surface area contributed by atoms with Gasteiger partial charge in [-0.2, -0.15) is 0 Å². The molecule has 88 valence electrons. The van der Waals surface area contributed by atoms with E-state index in [0.29, 0.717) is 0 Å². The van der Waals surface area contributed by atoms with E-state index < -0.39 is 23.5 Å². The summed E-state index contributed by atoms with van der Waals surface area (Å²) in [6, 6.07) is 1.06. The fraction of sp³-hybridized carbons (Fsp3) is 0.300. The highest BCUT2D eigenvalue weighted by molar-refractivity contribution is 9.10. The highest BCUT2D eigenvalue weighted by Crippen LogP contribution is 2.41. The molecule has 16 heavy (non-hydrogen) atoms. The van der Waals surface area contributed by atoms with E-state index >= 15 is 0 Å². The van der Waals surface area contributed by atoms with Crippen molar-refractivity contribution in [3.05, 3.63) is 21.9 Å². The minimum atomic E-state index is -1.22. The number of hydrogen-bond donors (Lipinski definition) is 2. The average Bonchev–Trinajstić information content (AvgIpc) is 2.17. The summed E-state index contributed by atoms with van der Waals surface area (Å²) in [6.45, 7) is 1.29. The molecule has 0 radical (unpaired) electrons. The zero-order valence-electron chi connectivity index (χ0n) is 8.62. The molecule has 0 saturated heterocycles. The summed E-state index contributed by atoms with van der Waals surface area (Å²) in [5.74, 6) is -3.64. The Balaban J connectivity index is 3.45. The lowest BCUT2D eigenvalue weighted by Gasteiger charge is -2.14. The van der Waals surface area contributed by atoms with Crippen LogP contribution in [0.25, 0.3) is 0 Å². The van der Waals surface area contributed by atoms with Gasteiger partial charge < -0.3 is 14.9 Å². The van der Waals surface area contributed by atoms with Crippen LogP contribution in [0, 0.1) is 5.82 Å². The van der Waals surface area contributed by atoms with Gasteiger partial charge in [0.05, 0.1) is 17.5 Å². The van der Waals surface area contributed by atoms with Crippen molar-refractivity contribution in [2.45, 2.75) is 12.8 Å². The molecule has 0 aliphatic heterocycles. The van der Waals surface area contributed by atoms with Gasteiger partial charge in [0.1, 0.15) is 5.82 Å². The van der Waals surface area contributed by atoms with Crippen LogP contribution in [0.5, 0.6) is 11.5 Å². The fourth-order valence-corrected chi connectivity index (χ4v) is 1.88. The van der Waals surface area contributed by atoms with E-state index in [2.05, 4.69) is 15.9 Å². The van der Waals surface area contributed by atoms with E-state index in [1.165, 1.54) is 14.0 Å². The first-order valence-electron chi connectivity index (χ1n) is 4.37. The largest absolute Gasteiger partial charge is 0.504 e. The molecule has 1 aromatic rings. The van der Waals surface area contributed by atoms with Gasteiger partial charge >= 0.3 is 5.97 Å². The Morgan fingerprint density at radius 1 is 1.62 bits per heavy atom. The van der Waals surface area contributed by atoms with Crippen LogP contribution < -0.4 is 4.74 Å². The van der Waals surface area contributed by atoms with Crippen molar-refractivity contribution >= 4 is 21.9 Å². The topological polar surface area (TPSA) is 66.8 Å². The molecular weight excluding hydrogens is 283 g/mol. The summed E-state index contributed by atoms with van der Waals surface area (Å²) in [5.41, 5.74) is -0.285. The van der Waals surface area contributed by atoms with Crippen LogP contribution >= 0.6 is 15.9 Å². The van der Waals surface area contributed by atoms with E-state index in [9.17, 15) is 14.3 Å². The lowest BCUT2D eigenvalue weighted by molar-refractivity contribution is -0.138. The summed E-state index contributed by atoms with van der Waals surface area (Å²) in [6.07, 6.45) is 0. The third-order valence-electron chi connectivity index (χ3n) is 2.21. The van der Waals surface area contributed by atoms with Crippen molar-refractivity contribution in [2.24, 2.45) is 0 Å². The molecule has 4 nitrogen and oxygen atoms in total. The Kier molecular flexibility index (Phi) is 3.74. The molecule has 0 spiro atoms. The molecular formula is C10H10BrFO4. The first kappa shape index (κ1) is 12.8. The highest BCUT2D eigenvalue weighted by atomic mass is 79.9. The third-order valence-corrected chi connectivity index (χ3v) is 2.79. The average molecular weight is 293 g/mol. The maximum absolute atomic E-state index is 13.5. The SMILES string of the molecule is COc1c(Br)cc(F)c(C(C)C(=O)O)c1O. The van der Waals surface area contributed by atoms with Crippen LogP contribution in [0.15, 0.2) is 10.5 Å². The molecule has 0 bridgehead atoms. The van der Waals surface area contributed by atoms with Gasteiger partial charge in [-0.25, -0.2) is 4.39 Å².